The summed E-state index contributed by atoms with van der Waals surface area (Å²) in [4.78, 5) is 30.5. The average molecular weight is 366 g/mol. The standard InChI is InChI=1S/C20H22N4O3/c1-3-27-17-9-5-4-8-16(17)22-19(25)12-20(26)23(2)14-15-13-21-18-10-6-7-11-24(15)18/h4-11,13H,3,12,14H2,1-2H3,(H,22,25). The van der Waals surface area contributed by atoms with Gasteiger partial charge >= 0.3 is 0 Å². The highest BCUT2D eigenvalue weighted by Crippen LogP contribution is 2.23. The summed E-state index contributed by atoms with van der Waals surface area (Å²) < 4.78 is 7.40. The number of fused-ring (bicyclic) bond motifs is 1. The summed E-state index contributed by atoms with van der Waals surface area (Å²) in [7, 11) is 1.67. The van der Waals surface area contributed by atoms with Crippen LogP contribution in [0.5, 0.6) is 5.75 Å². The van der Waals surface area contributed by atoms with Crippen LogP contribution >= 0.6 is 0 Å². The lowest BCUT2D eigenvalue weighted by molar-refractivity contribution is -0.134. The van der Waals surface area contributed by atoms with Crippen molar-refractivity contribution in [2.45, 2.75) is 19.9 Å². The third-order valence-corrected chi connectivity index (χ3v) is 4.09. The van der Waals surface area contributed by atoms with Crippen LogP contribution in [0.3, 0.4) is 0 Å². The predicted molar refractivity (Wildman–Crippen MR) is 103 cm³/mol. The highest BCUT2D eigenvalue weighted by Gasteiger charge is 2.17. The molecule has 0 atom stereocenters. The molecule has 7 nitrogen and oxygen atoms in total. The summed E-state index contributed by atoms with van der Waals surface area (Å²) in [6, 6.07) is 12.9. The number of rotatable bonds is 7. The highest BCUT2D eigenvalue weighted by molar-refractivity contribution is 6.04. The van der Waals surface area contributed by atoms with Crippen molar-refractivity contribution in [3.05, 3.63) is 60.6 Å². The topological polar surface area (TPSA) is 75.9 Å². The number of benzene rings is 1. The summed E-state index contributed by atoms with van der Waals surface area (Å²) in [6.07, 6.45) is 3.39. The van der Waals surface area contributed by atoms with Crippen LogP contribution in [-0.4, -0.2) is 39.8 Å². The van der Waals surface area contributed by atoms with E-state index in [1.54, 1.807) is 31.4 Å². The third kappa shape index (κ3) is 4.44. The number of para-hydroxylation sites is 2. The van der Waals surface area contributed by atoms with E-state index >= 15 is 0 Å². The maximum atomic E-state index is 12.4. The van der Waals surface area contributed by atoms with E-state index in [0.29, 0.717) is 24.6 Å². The minimum atomic E-state index is -0.378. The maximum absolute atomic E-state index is 12.4. The summed E-state index contributed by atoms with van der Waals surface area (Å²) in [5, 5.41) is 2.74. The smallest absolute Gasteiger partial charge is 0.233 e. The maximum Gasteiger partial charge on any atom is 0.233 e. The number of ether oxygens (including phenoxy) is 1. The van der Waals surface area contributed by atoms with Gasteiger partial charge in [0.2, 0.25) is 11.8 Å². The lowest BCUT2D eigenvalue weighted by atomic mass is 10.2. The van der Waals surface area contributed by atoms with Gasteiger partial charge in [0, 0.05) is 13.2 Å². The van der Waals surface area contributed by atoms with Crippen LogP contribution in [-0.2, 0) is 16.1 Å². The molecule has 140 valence electrons. The van der Waals surface area contributed by atoms with E-state index in [4.69, 9.17) is 4.74 Å². The monoisotopic (exact) mass is 366 g/mol. The van der Waals surface area contributed by atoms with Crippen molar-refractivity contribution in [2.24, 2.45) is 0 Å². The van der Waals surface area contributed by atoms with Gasteiger partial charge < -0.3 is 19.4 Å². The molecular weight excluding hydrogens is 344 g/mol. The molecule has 0 fully saturated rings. The van der Waals surface area contributed by atoms with Crippen LogP contribution in [0.25, 0.3) is 5.65 Å². The minimum Gasteiger partial charge on any atom is -0.492 e. The van der Waals surface area contributed by atoms with E-state index in [1.165, 1.54) is 4.90 Å². The van der Waals surface area contributed by atoms with Crippen molar-refractivity contribution >= 4 is 23.1 Å². The molecule has 0 aliphatic carbocycles. The van der Waals surface area contributed by atoms with E-state index in [-0.39, 0.29) is 18.2 Å². The fourth-order valence-electron chi connectivity index (χ4n) is 2.75. The average Bonchev–Trinajstić information content (AvgIpc) is 3.06. The first kappa shape index (κ1) is 18.4. The number of aromatic nitrogens is 2. The number of nitrogens with zero attached hydrogens (tertiary/aromatic N) is 3. The Balaban J connectivity index is 1.60. The van der Waals surface area contributed by atoms with Crippen LogP contribution in [0.15, 0.2) is 54.9 Å². The molecule has 2 aromatic heterocycles. The van der Waals surface area contributed by atoms with Gasteiger partial charge in [0.25, 0.3) is 0 Å². The largest absolute Gasteiger partial charge is 0.492 e. The van der Waals surface area contributed by atoms with Gasteiger partial charge in [-0.1, -0.05) is 18.2 Å². The summed E-state index contributed by atoms with van der Waals surface area (Å²) >= 11 is 0. The van der Waals surface area contributed by atoms with Gasteiger partial charge in [0.15, 0.2) is 0 Å². The molecule has 0 bridgehead atoms. The number of hydrogen-bond acceptors (Lipinski definition) is 4. The molecule has 3 rings (SSSR count). The first-order valence-electron chi connectivity index (χ1n) is 8.75. The molecule has 0 aliphatic heterocycles. The first-order valence-corrected chi connectivity index (χ1v) is 8.75. The van der Waals surface area contributed by atoms with E-state index in [0.717, 1.165) is 11.3 Å². The molecule has 2 heterocycles. The van der Waals surface area contributed by atoms with Crippen LogP contribution in [0, 0.1) is 0 Å². The molecule has 0 radical (unpaired) electrons. The number of hydrogen-bond donors (Lipinski definition) is 1. The molecule has 0 unspecified atom stereocenters. The number of imidazole rings is 1. The molecule has 1 N–H and O–H groups in total. The Morgan fingerprint density at radius 2 is 1.96 bits per heavy atom. The van der Waals surface area contributed by atoms with Gasteiger partial charge in [0.1, 0.15) is 17.8 Å². The molecule has 0 saturated carbocycles. The van der Waals surface area contributed by atoms with Crippen LogP contribution < -0.4 is 10.1 Å². The normalized spacial score (nSPS) is 10.6. The molecule has 2 amide bonds. The Hall–Kier alpha value is -3.35. The molecule has 27 heavy (non-hydrogen) atoms. The molecule has 0 saturated heterocycles. The number of amides is 2. The molecule has 0 spiro atoms. The van der Waals surface area contributed by atoms with Crippen molar-refractivity contribution in [1.82, 2.24) is 14.3 Å². The zero-order chi connectivity index (χ0) is 19.2. The Labute approximate surface area is 157 Å². The second kappa shape index (κ2) is 8.35. The fourth-order valence-corrected chi connectivity index (χ4v) is 2.75. The predicted octanol–water partition coefficient (Wildman–Crippen LogP) is 2.72. The number of nitrogens with one attached hydrogen (secondary N) is 1. The van der Waals surface area contributed by atoms with Crippen molar-refractivity contribution in [1.29, 1.82) is 0 Å². The Morgan fingerprint density at radius 3 is 2.78 bits per heavy atom. The van der Waals surface area contributed by atoms with Crippen LogP contribution in [0.2, 0.25) is 0 Å². The van der Waals surface area contributed by atoms with Gasteiger partial charge in [-0.2, -0.15) is 0 Å². The minimum absolute atomic E-state index is 0.242. The van der Waals surface area contributed by atoms with Gasteiger partial charge in [-0.05, 0) is 31.2 Å². The van der Waals surface area contributed by atoms with Crippen LogP contribution in [0.4, 0.5) is 5.69 Å². The Kier molecular flexibility index (Phi) is 5.71. The number of anilines is 1. The first-order chi connectivity index (χ1) is 13.1. The lowest BCUT2D eigenvalue weighted by Crippen LogP contribution is -2.30. The second-order valence-corrected chi connectivity index (χ2v) is 6.08. The van der Waals surface area contributed by atoms with Gasteiger partial charge in [-0.15, -0.1) is 0 Å². The molecule has 0 aliphatic rings. The van der Waals surface area contributed by atoms with E-state index in [2.05, 4.69) is 10.3 Å². The SMILES string of the molecule is CCOc1ccccc1NC(=O)CC(=O)N(C)Cc1cnc2ccccn12. The Morgan fingerprint density at radius 1 is 1.19 bits per heavy atom. The summed E-state index contributed by atoms with van der Waals surface area (Å²) in [5.41, 5.74) is 2.25. The summed E-state index contributed by atoms with van der Waals surface area (Å²) in [6.45, 7) is 2.73. The molecule has 7 heteroatoms. The number of pyridine rings is 1. The zero-order valence-electron chi connectivity index (χ0n) is 15.4. The molecule has 1 aromatic carbocycles. The lowest BCUT2D eigenvalue weighted by Gasteiger charge is -2.17. The zero-order valence-corrected chi connectivity index (χ0v) is 15.4. The highest BCUT2D eigenvalue weighted by atomic mass is 16.5. The fraction of sp³-hybridized carbons (Fsp3) is 0.250. The van der Waals surface area contributed by atoms with E-state index in [9.17, 15) is 9.59 Å². The number of carbonyl (C=O) groups excluding carboxylic acids is 2. The van der Waals surface area contributed by atoms with Crippen molar-refractivity contribution in [3.8, 4) is 5.75 Å². The van der Waals surface area contributed by atoms with Gasteiger partial charge in [-0.3, -0.25) is 9.59 Å². The van der Waals surface area contributed by atoms with E-state index in [1.807, 2.05) is 41.8 Å². The Bertz CT molecular complexity index is 951. The van der Waals surface area contributed by atoms with Gasteiger partial charge in [0.05, 0.1) is 30.7 Å². The quantitative estimate of drug-likeness (QED) is 0.653. The number of carbonyl (C=O) groups is 2. The van der Waals surface area contributed by atoms with Crippen molar-refractivity contribution < 1.29 is 14.3 Å². The van der Waals surface area contributed by atoms with Crippen molar-refractivity contribution in [3.63, 3.8) is 0 Å². The van der Waals surface area contributed by atoms with Gasteiger partial charge in [-0.25, -0.2) is 4.98 Å². The van der Waals surface area contributed by atoms with Crippen molar-refractivity contribution in [2.75, 3.05) is 19.0 Å². The van der Waals surface area contributed by atoms with E-state index < -0.39 is 0 Å². The molecule has 3 aromatic rings. The summed E-state index contributed by atoms with van der Waals surface area (Å²) in [5.74, 6) is -0.0655. The third-order valence-electron chi connectivity index (χ3n) is 4.09. The van der Waals surface area contributed by atoms with Crippen LogP contribution in [0.1, 0.15) is 19.0 Å². The molecular formula is C20H22N4O3. The second-order valence-electron chi connectivity index (χ2n) is 6.08.